The van der Waals surface area contributed by atoms with Gasteiger partial charge in [-0.25, -0.2) is 8.78 Å². The maximum absolute atomic E-state index is 13.0. The minimum Gasteiger partial charge on any atom is -0.386 e. The van der Waals surface area contributed by atoms with E-state index in [0.29, 0.717) is 0 Å². The van der Waals surface area contributed by atoms with E-state index in [1.165, 1.54) is 13.8 Å². The number of hydrogen-bond acceptors (Lipinski definition) is 1. The minimum atomic E-state index is -1.23. The van der Waals surface area contributed by atoms with Crippen LogP contribution in [0, 0.1) is 11.6 Å². The van der Waals surface area contributed by atoms with E-state index in [1.807, 2.05) is 0 Å². The lowest BCUT2D eigenvalue weighted by Crippen LogP contribution is -2.16. The maximum atomic E-state index is 13.0. The van der Waals surface area contributed by atoms with E-state index in [1.54, 1.807) is 0 Å². The summed E-state index contributed by atoms with van der Waals surface area (Å²) in [5.41, 5.74) is -1.02. The maximum Gasteiger partial charge on any atom is 0.140 e. The Morgan fingerprint density at radius 2 is 1.62 bits per heavy atom. The molecule has 0 unspecified atom stereocenters. The van der Waals surface area contributed by atoms with Crippen LogP contribution in [-0.2, 0) is 5.60 Å². The monoisotopic (exact) mass is 250 g/mol. The average molecular weight is 251 g/mol. The highest BCUT2D eigenvalue weighted by atomic mass is 79.9. The Labute approximate surface area is 83.5 Å². The Bertz CT molecular complexity index is 308. The van der Waals surface area contributed by atoms with Gasteiger partial charge in [0.2, 0.25) is 0 Å². The molecule has 1 aromatic rings. The van der Waals surface area contributed by atoms with Crippen LogP contribution in [0.3, 0.4) is 0 Å². The predicted octanol–water partition coefficient (Wildman–Crippen LogP) is 2.95. The van der Waals surface area contributed by atoms with Crippen LogP contribution in [0.4, 0.5) is 8.78 Å². The minimum absolute atomic E-state index is 0.208. The van der Waals surface area contributed by atoms with Crippen LogP contribution in [0.1, 0.15) is 19.4 Å². The molecule has 0 atom stereocenters. The molecule has 0 bridgehead atoms. The molecule has 72 valence electrons. The van der Waals surface area contributed by atoms with Gasteiger partial charge < -0.3 is 5.11 Å². The topological polar surface area (TPSA) is 20.2 Å². The summed E-state index contributed by atoms with van der Waals surface area (Å²) in [5, 5.41) is 9.48. The first kappa shape index (κ1) is 10.6. The molecule has 1 nitrogen and oxygen atoms in total. The van der Waals surface area contributed by atoms with Gasteiger partial charge in [-0.3, -0.25) is 0 Å². The highest BCUT2D eigenvalue weighted by Crippen LogP contribution is 2.26. The SMILES string of the molecule is CC(C)(O)c1cc(F)c(Br)c(F)c1. The first-order valence-corrected chi connectivity index (χ1v) is 4.49. The summed E-state index contributed by atoms with van der Waals surface area (Å²) < 4.78 is 25.7. The third-order valence-electron chi connectivity index (χ3n) is 1.69. The molecular formula is C9H9BrF2O. The molecular weight excluding hydrogens is 242 g/mol. The van der Waals surface area contributed by atoms with Crippen LogP contribution in [0.5, 0.6) is 0 Å². The summed E-state index contributed by atoms with van der Waals surface area (Å²) in [6.07, 6.45) is 0. The summed E-state index contributed by atoms with van der Waals surface area (Å²) in [6.45, 7) is 2.93. The van der Waals surface area contributed by atoms with Crippen molar-refractivity contribution in [2.24, 2.45) is 0 Å². The van der Waals surface area contributed by atoms with Crippen LogP contribution in [0.25, 0.3) is 0 Å². The van der Waals surface area contributed by atoms with Crippen molar-refractivity contribution in [1.29, 1.82) is 0 Å². The molecule has 0 spiro atoms. The van der Waals surface area contributed by atoms with Crippen molar-refractivity contribution in [3.8, 4) is 0 Å². The molecule has 0 amide bonds. The van der Waals surface area contributed by atoms with E-state index in [9.17, 15) is 13.9 Å². The second-order valence-electron chi connectivity index (χ2n) is 3.31. The highest BCUT2D eigenvalue weighted by Gasteiger charge is 2.19. The second-order valence-corrected chi connectivity index (χ2v) is 4.11. The Kier molecular flexibility index (Phi) is 2.73. The van der Waals surface area contributed by atoms with Gasteiger partial charge in [0, 0.05) is 0 Å². The van der Waals surface area contributed by atoms with Crippen molar-refractivity contribution in [3.05, 3.63) is 33.8 Å². The van der Waals surface area contributed by atoms with E-state index in [4.69, 9.17) is 0 Å². The van der Waals surface area contributed by atoms with Gasteiger partial charge in [0.05, 0.1) is 10.1 Å². The lowest BCUT2D eigenvalue weighted by Gasteiger charge is -2.18. The Morgan fingerprint density at radius 1 is 1.23 bits per heavy atom. The summed E-state index contributed by atoms with van der Waals surface area (Å²) in [6, 6.07) is 2.21. The quantitative estimate of drug-likeness (QED) is 0.761. The second kappa shape index (κ2) is 3.35. The first-order chi connectivity index (χ1) is 5.82. The normalized spacial score (nSPS) is 11.8. The third kappa shape index (κ3) is 2.25. The molecule has 0 aliphatic heterocycles. The number of benzene rings is 1. The lowest BCUT2D eigenvalue weighted by molar-refractivity contribution is 0.0778. The smallest absolute Gasteiger partial charge is 0.140 e. The summed E-state index contributed by atoms with van der Waals surface area (Å²) in [4.78, 5) is 0. The number of halogens is 3. The Morgan fingerprint density at radius 3 is 1.92 bits per heavy atom. The average Bonchev–Trinajstić information content (AvgIpc) is 1.97. The molecule has 4 heteroatoms. The van der Waals surface area contributed by atoms with Crippen molar-refractivity contribution in [1.82, 2.24) is 0 Å². The van der Waals surface area contributed by atoms with Crippen LogP contribution < -0.4 is 0 Å². The van der Waals surface area contributed by atoms with E-state index >= 15 is 0 Å². The van der Waals surface area contributed by atoms with E-state index in [0.717, 1.165) is 12.1 Å². The molecule has 1 N–H and O–H groups in total. The highest BCUT2D eigenvalue weighted by molar-refractivity contribution is 9.10. The lowest BCUT2D eigenvalue weighted by atomic mass is 9.98. The van der Waals surface area contributed by atoms with Crippen LogP contribution in [-0.4, -0.2) is 5.11 Å². The van der Waals surface area contributed by atoms with Crippen molar-refractivity contribution in [2.45, 2.75) is 19.4 Å². The molecule has 13 heavy (non-hydrogen) atoms. The van der Waals surface area contributed by atoms with Gasteiger partial charge in [0.1, 0.15) is 11.6 Å². The van der Waals surface area contributed by atoms with Crippen LogP contribution in [0.15, 0.2) is 16.6 Å². The van der Waals surface area contributed by atoms with Gasteiger partial charge in [-0.2, -0.15) is 0 Å². The molecule has 0 aromatic heterocycles. The zero-order valence-corrected chi connectivity index (χ0v) is 8.82. The zero-order chi connectivity index (χ0) is 10.2. The molecule has 0 saturated heterocycles. The molecule has 1 aromatic carbocycles. The van der Waals surface area contributed by atoms with E-state index in [-0.39, 0.29) is 10.0 Å². The fourth-order valence-corrected chi connectivity index (χ4v) is 1.14. The van der Waals surface area contributed by atoms with Gasteiger partial charge in [-0.15, -0.1) is 0 Å². The third-order valence-corrected chi connectivity index (χ3v) is 2.45. The standard InChI is InChI=1S/C9H9BrF2O/c1-9(2,13)5-3-6(11)8(10)7(12)4-5/h3-4,13H,1-2H3. The molecule has 0 radical (unpaired) electrons. The molecule has 0 aliphatic carbocycles. The van der Waals surface area contributed by atoms with Gasteiger partial charge in [-0.1, -0.05) is 0 Å². The number of rotatable bonds is 1. The van der Waals surface area contributed by atoms with Crippen LogP contribution >= 0.6 is 15.9 Å². The summed E-state index contributed by atoms with van der Waals surface area (Å²) >= 11 is 2.75. The number of hydrogen-bond donors (Lipinski definition) is 1. The van der Waals surface area contributed by atoms with E-state index < -0.39 is 17.2 Å². The number of aliphatic hydroxyl groups is 1. The molecule has 0 heterocycles. The Hall–Kier alpha value is -0.480. The predicted molar refractivity (Wildman–Crippen MR) is 49.3 cm³/mol. The first-order valence-electron chi connectivity index (χ1n) is 3.70. The van der Waals surface area contributed by atoms with Gasteiger partial charge >= 0.3 is 0 Å². The summed E-state index contributed by atoms with van der Waals surface area (Å²) in [5.74, 6) is -1.42. The fraction of sp³-hybridized carbons (Fsp3) is 0.333. The van der Waals surface area contributed by atoms with E-state index in [2.05, 4.69) is 15.9 Å². The molecule has 0 saturated carbocycles. The van der Waals surface area contributed by atoms with Crippen LogP contribution in [0.2, 0.25) is 0 Å². The molecule has 1 rings (SSSR count). The van der Waals surface area contributed by atoms with Gasteiger partial charge in [0.25, 0.3) is 0 Å². The van der Waals surface area contributed by atoms with Crippen molar-refractivity contribution in [2.75, 3.05) is 0 Å². The zero-order valence-electron chi connectivity index (χ0n) is 7.24. The van der Waals surface area contributed by atoms with Crippen molar-refractivity contribution >= 4 is 15.9 Å². The van der Waals surface area contributed by atoms with Crippen molar-refractivity contribution in [3.63, 3.8) is 0 Å². The van der Waals surface area contributed by atoms with Crippen molar-refractivity contribution < 1.29 is 13.9 Å². The molecule has 0 fully saturated rings. The summed E-state index contributed by atoms with van der Waals surface area (Å²) in [7, 11) is 0. The molecule has 0 aliphatic rings. The largest absolute Gasteiger partial charge is 0.386 e. The van der Waals surface area contributed by atoms with Gasteiger partial charge in [-0.05, 0) is 47.5 Å². The Balaban J connectivity index is 3.29. The van der Waals surface area contributed by atoms with Gasteiger partial charge in [0.15, 0.2) is 0 Å². The fourth-order valence-electron chi connectivity index (χ4n) is 0.909.